The molecule has 0 bridgehead atoms. The van der Waals surface area contributed by atoms with Gasteiger partial charge in [0.05, 0.1) is 12.3 Å². The fourth-order valence-electron chi connectivity index (χ4n) is 2.03. The summed E-state index contributed by atoms with van der Waals surface area (Å²) in [5.41, 5.74) is 4.52. The minimum Gasteiger partial charge on any atom is -0.491 e. The van der Waals surface area contributed by atoms with Crippen LogP contribution in [-0.2, 0) is 9.59 Å². The van der Waals surface area contributed by atoms with Gasteiger partial charge in [-0.05, 0) is 68.3 Å². The highest BCUT2D eigenvalue weighted by Gasteiger charge is 2.12. The summed E-state index contributed by atoms with van der Waals surface area (Å²) in [6.45, 7) is 5.80. The number of carbonyl (C=O) groups excluding carboxylic acids is 2. The van der Waals surface area contributed by atoms with Gasteiger partial charge in [-0.2, -0.15) is 5.10 Å². The van der Waals surface area contributed by atoms with Crippen molar-refractivity contribution in [3.63, 3.8) is 0 Å². The molecule has 0 radical (unpaired) electrons. The maximum Gasteiger partial charge on any atom is 0.329 e. The molecule has 2 aromatic carbocycles. The van der Waals surface area contributed by atoms with Crippen molar-refractivity contribution in [2.45, 2.75) is 26.9 Å². The van der Waals surface area contributed by atoms with Gasteiger partial charge in [-0.25, -0.2) is 5.43 Å². The molecule has 0 aliphatic rings. The average molecular weight is 339 g/mol. The highest BCUT2D eigenvalue weighted by molar-refractivity contribution is 6.39. The van der Waals surface area contributed by atoms with E-state index in [2.05, 4.69) is 15.8 Å². The van der Waals surface area contributed by atoms with Crippen molar-refractivity contribution in [3.8, 4) is 5.75 Å². The van der Waals surface area contributed by atoms with E-state index in [1.165, 1.54) is 6.21 Å². The first-order valence-electron chi connectivity index (χ1n) is 7.92. The molecule has 25 heavy (non-hydrogen) atoms. The summed E-state index contributed by atoms with van der Waals surface area (Å²) in [5, 5.41) is 6.30. The maximum atomic E-state index is 11.8. The number of hydrogen-bond acceptors (Lipinski definition) is 4. The Hall–Kier alpha value is -3.15. The molecule has 6 nitrogen and oxygen atoms in total. The summed E-state index contributed by atoms with van der Waals surface area (Å²) < 4.78 is 5.54. The number of ether oxygens (including phenoxy) is 1. The van der Waals surface area contributed by atoms with Gasteiger partial charge in [-0.3, -0.25) is 9.59 Å². The van der Waals surface area contributed by atoms with E-state index in [0.717, 1.165) is 16.9 Å². The standard InChI is InChI=1S/C19H21N3O3/c1-13(2)25-17-9-7-15(8-10-17)12-20-22-19(24)18(23)21-16-6-4-5-14(3)11-16/h4-13H,1-3H3,(H,21,23)(H,22,24)/b20-12-. The van der Waals surface area contributed by atoms with E-state index in [9.17, 15) is 9.59 Å². The molecular weight excluding hydrogens is 318 g/mol. The topological polar surface area (TPSA) is 79.8 Å². The third-order valence-electron chi connectivity index (χ3n) is 3.11. The van der Waals surface area contributed by atoms with E-state index in [-0.39, 0.29) is 6.10 Å². The number of aryl methyl sites for hydroxylation is 1. The molecule has 0 aromatic heterocycles. The van der Waals surface area contributed by atoms with Crippen LogP contribution in [0.25, 0.3) is 0 Å². The van der Waals surface area contributed by atoms with Crippen LogP contribution in [0.2, 0.25) is 0 Å². The molecule has 2 rings (SSSR count). The number of nitrogens with one attached hydrogen (secondary N) is 2. The molecule has 0 aliphatic heterocycles. The number of carbonyl (C=O) groups is 2. The molecule has 0 fully saturated rings. The Bertz CT molecular complexity index is 768. The third-order valence-corrected chi connectivity index (χ3v) is 3.11. The van der Waals surface area contributed by atoms with E-state index in [1.807, 2.05) is 39.0 Å². The van der Waals surface area contributed by atoms with E-state index in [0.29, 0.717) is 5.69 Å². The zero-order valence-electron chi connectivity index (χ0n) is 14.4. The minimum absolute atomic E-state index is 0.103. The molecular formula is C19H21N3O3. The summed E-state index contributed by atoms with van der Waals surface area (Å²) in [6.07, 6.45) is 1.56. The first-order chi connectivity index (χ1) is 11.9. The van der Waals surface area contributed by atoms with Crippen LogP contribution in [0.3, 0.4) is 0 Å². The number of nitrogens with zero attached hydrogens (tertiary/aromatic N) is 1. The normalized spacial score (nSPS) is 10.7. The molecule has 0 saturated heterocycles. The fourth-order valence-corrected chi connectivity index (χ4v) is 2.03. The largest absolute Gasteiger partial charge is 0.491 e. The van der Waals surface area contributed by atoms with E-state index >= 15 is 0 Å². The number of anilines is 1. The van der Waals surface area contributed by atoms with Crippen LogP contribution in [0.1, 0.15) is 25.0 Å². The second-order valence-electron chi connectivity index (χ2n) is 5.76. The number of benzene rings is 2. The van der Waals surface area contributed by atoms with Crippen molar-refractivity contribution in [3.05, 3.63) is 59.7 Å². The third kappa shape index (κ3) is 6.10. The van der Waals surface area contributed by atoms with E-state index < -0.39 is 11.8 Å². The van der Waals surface area contributed by atoms with Crippen LogP contribution < -0.4 is 15.5 Å². The van der Waals surface area contributed by atoms with Gasteiger partial charge >= 0.3 is 11.8 Å². The van der Waals surface area contributed by atoms with Crippen molar-refractivity contribution in [2.24, 2.45) is 5.10 Å². The van der Waals surface area contributed by atoms with Gasteiger partial charge in [0.15, 0.2) is 0 Å². The minimum atomic E-state index is -0.836. The van der Waals surface area contributed by atoms with Crippen LogP contribution in [0.4, 0.5) is 5.69 Å². The summed E-state index contributed by atoms with van der Waals surface area (Å²) in [5.74, 6) is -0.852. The van der Waals surface area contributed by atoms with Crippen molar-refractivity contribution < 1.29 is 14.3 Å². The van der Waals surface area contributed by atoms with Crippen LogP contribution in [0.5, 0.6) is 5.75 Å². The van der Waals surface area contributed by atoms with Crippen LogP contribution in [0.15, 0.2) is 53.6 Å². The van der Waals surface area contributed by atoms with Crippen LogP contribution in [0, 0.1) is 6.92 Å². The lowest BCUT2D eigenvalue weighted by atomic mass is 10.2. The predicted octanol–water partition coefficient (Wildman–Crippen LogP) is 2.87. The zero-order chi connectivity index (χ0) is 18.2. The molecule has 2 N–H and O–H groups in total. The molecule has 0 atom stereocenters. The van der Waals surface area contributed by atoms with Crippen LogP contribution >= 0.6 is 0 Å². The van der Waals surface area contributed by atoms with Gasteiger partial charge in [-0.15, -0.1) is 0 Å². The second-order valence-corrected chi connectivity index (χ2v) is 5.76. The van der Waals surface area contributed by atoms with Crippen molar-refractivity contribution in [2.75, 3.05) is 5.32 Å². The van der Waals surface area contributed by atoms with Gasteiger partial charge in [0, 0.05) is 5.69 Å². The Labute approximate surface area is 146 Å². The molecule has 2 aromatic rings. The predicted molar refractivity (Wildman–Crippen MR) is 97.8 cm³/mol. The monoisotopic (exact) mass is 339 g/mol. The summed E-state index contributed by atoms with van der Waals surface area (Å²) >= 11 is 0. The Kier molecular flexibility index (Phi) is 6.28. The number of hydrazone groups is 1. The first-order valence-corrected chi connectivity index (χ1v) is 7.92. The Morgan fingerprint density at radius 2 is 1.80 bits per heavy atom. The molecule has 0 aliphatic carbocycles. The molecule has 0 spiro atoms. The molecule has 2 amide bonds. The molecule has 0 unspecified atom stereocenters. The summed E-state index contributed by atoms with van der Waals surface area (Å²) in [4.78, 5) is 23.5. The lowest BCUT2D eigenvalue weighted by Crippen LogP contribution is -2.32. The Balaban J connectivity index is 1.86. The Morgan fingerprint density at radius 1 is 1.08 bits per heavy atom. The number of hydrogen-bond donors (Lipinski definition) is 2. The van der Waals surface area contributed by atoms with Gasteiger partial charge < -0.3 is 10.1 Å². The highest BCUT2D eigenvalue weighted by Crippen LogP contribution is 2.12. The summed E-state index contributed by atoms with van der Waals surface area (Å²) in [7, 11) is 0. The van der Waals surface area contributed by atoms with E-state index in [1.54, 1.807) is 30.3 Å². The average Bonchev–Trinajstić information content (AvgIpc) is 2.56. The summed E-state index contributed by atoms with van der Waals surface area (Å²) in [6, 6.07) is 14.4. The number of amides is 2. The zero-order valence-corrected chi connectivity index (χ0v) is 14.4. The van der Waals surface area contributed by atoms with Crippen LogP contribution in [-0.4, -0.2) is 24.1 Å². The Morgan fingerprint density at radius 3 is 2.44 bits per heavy atom. The molecule has 0 heterocycles. The lowest BCUT2D eigenvalue weighted by Gasteiger charge is -2.09. The number of rotatable bonds is 5. The first kappa shape index (κ1) is 18.2. The molecule has 0 saturated carbocycles. The van der Waals surface area contributed by atoms with Gasteiger partial charge in [0.1, 0.15) is 5.75 Å². The van der Waals surface area contributed by atoms with Gasteiger partial charge in [0.25, 0.3) is 0 Å². The maximum absolute atomic E-state index is 11.8. The van der Waals surface area contributed by atoms with Crippen molar-refractivity contribution >= 4 is 23.7 Å². The SMILES string of the molecule is Cc1cccc(NC(=O)C(=O)N/N=C\c2ccc(OC(C)C)cc2)c1. The van der Waals surface area contributed by atoms with Gasteiger partial charge in [0.2, 0.25) is 0 Å². The fraction of sp³-hybridized carbons (Fsp3) is 0.211. The molecule has 6 heteroatoms. The highest BCUT2D eigenvalue weighted by atomic mass is 16.5. The van der Waals surface area contributed by atoms with E-state index in [4.69, 9.17) is 4.74 Å². The van der Waals surface area contributed by atoms with Crippen molar-refractivity contribution in [1.29, 1.82) is 0 Å². The quantitative estimate of drug-likeness (QED) is 0.499. The second kappa shape index (κ2) is 8.63. The molecule has 130 valence electrons. The van der Waals surface area contributed by atoms with Gasteiger partial charge in [-0.1, -0.05) is 12.1 Å². The van der Waals surface area contributed by atoms with Crippen molar-refractivity contribution in [1.82, 2.24) is 5.43 Å². The lowest BCUT2D eigenvalue weighted by molar-refractivity contribution is -0.136. The smallest absolute Gasteiger partial charge is 0.329 e.